The zero-order valence-electron chi connectivity index (χ0n) is 16.5. The van der Waals surface area contributed by atoms with Gasteiger partial charge in [-0.3, -0.25) is 9.59 Å². The molecule has 0 radical (unpaired) electrons. The first kappa shape index (κ1) is 20.3. The van der Waals surface area contributed by atoms with Gasteiger partial charge in [0.2, 0.25) is 0 Å². The Labute approximate surface area is 169 Å². The molecule has 29 heavy (non-hydrogen) atoms. The first-order chi connectivity index (χ1) is 14.2. The molecule has 0 atom stereocenters. The second-order valence-electron chi connectivity index (χ2n) is 6.31. The third-order valence-electron chi connectivity index (χ3n) is 4.40. The molecule has 3 rings (SSSR count). The maximum atomic E-state index is 12.1. The van der Waals surface area contributed by atoms with Gasteiger partial charge in [-0.25, -0.2) is 0 Å². The van der Waals surface area contributed by atoms with E-state index in [4.69, 9.17) is 14.0 Å². The highest BCUT2D eigenvalue weighted by Gasteiger charge is 2.28. The molecule has 2 aromatic carbocycles. The van der Waals surface area contributed by atoms with Crippen LogP contribution in [0, 0.1) is 5.92 Å². The molecule has 0 unspecified atom stereocenters. The first-order valence-corrected chi connectivity index (χ1v) is 9.59. The summed E-state index contributed by atoms with van der Waals surface area (Å²) in [6.45, 7) is 3.80. The van der Waals surface area contributed by atoms with Crippen LogP contribution in [0.15, 0.2) is 59.1 Å². The van der Waals surface area contributed by atoms with E-state index in [0.29, 0.717) is 11.3 Å². The minimum atomic E-state index is -0.996. The molecule has 6 heteroatoms. The van der Waals surface area contributed by atoms with Gasteiger partial charge in [-0.1, -0.05) is 53.7 Å². The SMILES string of the molecule is CCOC(=O)C(C/C=C/c1noc2c(-c3ccccc3)cccc12)C(=O)OCC. The van der Waals surface area contributed by atoms with Crippen LogP contribution in [-0.4, -0.2) is 30.3 Å². The predicted molar refractivity (Wildman–Crippen MR) is 110 cm³/mol. The summed E-state index contributed by atoms with van der Waals surface area (Å²) in [6.07, 6.45) is 3.61. The molecule has 0 spiro atoms. The Balaban J connectivity index is 1.83. The number of fused-ring (bicyclic) bond motifs is 1. The molecule has 0 saturated carbocycles. The summed E-state index contributed by atoms with van der Waals surface area (Å²) < 4.78 is 15.6. The van der Waals surface area contributed by atoms with Crippen molar-refractivity contribution in [3.8, 4) is 11.1 Å². The fourth-order valence-corrected chi connectivity index (χ4v) is 3.04. The van der Waals surface area contributed by atoms with Crippen LogP contribution in [0.3, 0.4) is 0 Å². The van der Waals surface area contributed by atoms with Crippen molar-refractivity contribution in [1.82, 2.24) is 5.16 Å². The molecule has 1 heterocycles. The summed E-state index contributed by atoms with van der Waals surface area (Å²) >= 11 is 0. The highest BCUT2D eigenvalue weighted by atomic mass is 16.6. The van der Waals surface area contributed by atoms with E-state index in [0.717, 1.165) is 16.5 Å². The van der Waals surface area contributed by atoms with Crippen molar-refractivity contribution in [2.75, 3.05) is 13.2 Å². The van der Waals surface area contributed by atoms with Gasteiger partial charge in [0.1, 0.15) is 5.69 Å². The highest BCUT2D eigenvalue weighted by molar-refractivity contribution is 5.97. The van der Waals surface area contributed by atoms with Crippen molar-refractivity contribution in [3.05, 3.63) is 60.3 Å². The average molecular weight is 393 g/mol. The minimum Gasteiger partial charge on any atom is -0.465 e. The van der Waals surface area contributed by atoms with Gasteiger partial charge in [-0.2, -0.15) is 0 Å². The van der Waals surface area contributed by atoms with Crippen molar-refractivity contribution >= 4 is 29.0 Å². The second kappa shape index (κ2) is 9.68. The van der Waals surface area contributed by atoms with Crippen LogP contribution in [0.5, 0.6) is 0 Å². The Kier molecular flexibility index (Phi) is 6.79. The van der Waals surface area contributed by atoms with Crippen LogP contribution in [-0.2, 0) is 19.1 Å². The number of para-hydroxylation sites is 1. The summed E-state index contributed by atoms with van der Waals surface area (Å²) in [5, 5.41) is 5.00. The zero-order valence-corrected chi connectivity index (χ0v) is 16.5. The molecular weight excluding hydrogens is 370 g/mol. The van der Waals surface area contributed by atoms with E-state index in [-0.39, 0.29) is 19.6 Å². The van der Waals surface area contributed by atoms with E-state index in [9.17, 15) is 9.59 Å². The number of benzene rings is 2. The molecule has 0 saturated heterocycles. The van der Waals surface area contributed by atoms with E-state index in [1.165, 1.54) is 0 Å². The quantitative estimate of drug-likeness (QED) is 0.410. The maximum absolute atomic E-state index is 12.1. The number of hydrogen-bond donors (Lipinski definition) is 0. The number of ether oxygens (including phenoxy) is 2. The van der Waals surface area contributed by atoms with Gasteiger partial charge in [-0.05, 0) is 38.0 Å². The Bertz CT molecular complexity index is 989. The maximum Gasteiger partial charge on any atom is 0.320 e. The smallest absolute Gasteiger partial charge is 0.320 e. The van der Waals surface area contributed by atoms with Gasteiger partial charge in [-0.15, -0.1) is 0 Å². The number of rotatable bonds is 8. The molecule has 0 aliphatic carbocycles. The van der Waals surface area contributed by atoms with Crippen molar-refractivity contribution in [2.24, 2.45) is 5.92 Å². The summed E-state index contributed by atoms with van der Waals surface area (Å²) in [4.78, 5) is 24.1. The number of allylic oxidation sites excluding steroid dienone is 1. The molecule has 0 amide bonds. The standard InChI is InChI=1S/C23H23NO5/c1-3-27-22(25)19(23(26)28-4-2)14-9-15-20-18-13-8-12-17(21(18)29-24-20)16-10-6-5-7-11-16/h5-13,15,19H,3-4,14H2,1-2H3/b15-9+. The number of hydrogen-bond acceptors (Lipinski definition) is 6. The number of carbonyl (C=O) groups is 2. The van der Waals surface area contributed by atoms with Crippen LogP contribution < -0.4 is 0 Å². The van der Waals surface area contributed by atoms with Gasteiger partial charge in [0.25, 0.3) is 0 Å². The van der Waals surface area contributed by atoms with Crippen LogP contribution >= 0.6 is 0 Å². The van der Waals surface area contributed by atoms with Crippen LogP contribution in [0.1, 0.15) is 26.0 Å². The van der Waals surface area contributed by atoms with Crippen LogP contribution in [0.2, 0.25) is 0 Å². The lowest BCUT2D eigenvalue weighted by atomic mass is 10.0. The molecule has 0 bridgehead atoms. The van der Waals surface area contributed by atoms with E-state index < -0.39 is 17.9 Å². The van der Waals surface area contributed by atoms with Crippen LogP contribution in [0.25, 0.3) is 28.2 Å². The summed E-state index contributed by atoms with van der Waals surface area (Å²) in [5.41, 5.74) is 3.30. The van der Waals surface area contributed by atoms with E-state index in [1.54, 1.807) is 26.0 Å². The third-order valence-corrected chi connectivity index (χ3v) is 4.40. The van der Waals surface area contributed by atoms with Gasteiger partial charge in [0.05, 0.1) is 13.2 Å². The Morgan fingerprint density at radius 2 is 1.69 bits per heavy atom. The topological polar surface area (TPSA) is 78.6 Å². The lowest BCUT2D eigenvalue weighted by Gasteiger charge is -2.12. The van der Waals surface area contributed by atoms with E-state index in [2.05, 4.69) is 5.16 Å². The monoisotopic (exact) mass is 393 g/mol. The van der Waals surface area contributed by atoms with Crippen LogP contribution in [0.4, 0.5) is 0 Å². The Morgan fingerprint density at radius 1 is 1.00 bits per heavy atom. The lowest BCUT2D eigenvalue weighted by Crippen LogP contribution is -2.27. The normalized spacial score (nSPS) is 11.3. The molecule has 1 aromatic heterocycles. The number of aromatic nitrogens is 1. The predicted octanol–water partition coefficient (Wildman–Crippen LogP) is 4.64. The summed E-state index contributed by atoms with van der Waals surface area (Å²) in [7, 11) is 0. The number of nitrogens with zero attached hydrogens (tertiary/aromatic N) is 1. The fraction of sp³-hybridized carbons (Fsp3) is 0.261. The number of carbonyl (C=O) groups excluding carboxylic acids is 2. The Hall–Kier alpha value is -3.41. The van der Waals surface area contributed by atoms with Gasteiger partial charge in [0, 0.05) is 10.9 Å². The average Bonchev–Trinajstić information content (AvgIpc) is 3.15. The summed E-state index contributed by atoms with van der Waals surface area (Å²) in [6, 6.07) is 15.8. The molecule has 0 N–H and O–H groups in total. The molecule has 150 valence electrons. The lowest BCUT2D eigenvalue weighted by molar-refractivity contribution is -0.161. The summed E-state index contributed by atoms with van der Waals surface area (Å²) in [5.74, 6) is -2.18. The minimum absolute atomic E-state index is 0.157. The molecule has 6 nitrogen and oxygen atoms in total. The highest BCUT2D eigenvalue weighted by Crippen LogP contribution is 2.30. The van der Waals surface area contributed by atoms with Crippen molar-refractivity contribution in [1.29, 1.82) is 0 Å². The molecule has 0 fully saturated rings. The molecule has 0 aliphatic rings. The zero-order chi connectivity index (χ0) is 20.6. The van der Waals surface area contributed by atoms with Crippen molar-refractivity contribution in [2.45, 2.75) is 20.3 Å². The second-order valence-corrected chi connectivity index (χ2v) is 6.31. The Morgan fingerprint density at radius 3 is 2.34 bits per heavy atom. The van der Waals surface area contributed by atoms with Crippen molar-refractivity contribution in [3.63, 3.8) is 0 Å². The van der Waals surface area contributed by atoms with Crippen molar-refractivity contribution < 1.29 is 23.6 Å². The number of esters is 2. The van der Waals surface area contributed by atoms with Gasteiger partial charge >= 0.3 is 11.9 Å². The molecular formula is C23H23NO5. The fourth-order valence-electron chi connectivity index (χ4n) is 3.04. The largest absolute Gasteiger partial charge is 0.465 e. The van der Waals surface area contributed by atoms with Gasteiger partial charge in [0.15, 0.2) is 11.5 Å². The van der Waals surface area contributed by atoms with E-state index in [1.807, 2.05) is 48.5 Å². The first-order valence-electron chi connectivity index (χ1n) is 9.59. The van der Waals surface area contributed by atoms with E-state index >= 15 is 0 Å². The van der Waals surface area contributed by atoms with Gasteiger partial charge < -0.3 is 14.0 Å². The molecule has 3 aromatic rings. The third kappa shape index (κ3) is 4.71. The molecule has 0 aliphatic heterocycles.